The Hall–Kier alpha value is -2.09. The van der Waals surface area contributed by atoms with E-state index < -0.39 is 6.10 Å². The van der Waals surface area contributed by atoms with Crippen LogP contribution in [-0.2, 0) is 20.1 Å². The van der Waals surface area contributed by atoms with Crippen LogP contribution in [0.1, 0.15) is 25.0 Å². The highest BCUT2D eigenvalue weighted by molar-refractivity contribution is 5.43. The first-order chi connectivity index (χ1) is 13.4. The van der Waals surface area contributed by atoms with Gasteiger partial charge in [-0.05, 0) is 37.8 Å². The van der Waals surface area contributed by atoms with Crippen molar-refractivity contribution in [1.82, 2.24) is 19.6 Å². The smallest absolute Gasteiger partial charge is 0.161 e. The number of aromatic nitrogens is 2. The lowest BCUT2D eigenvalue weighted by Gasteiger charge is -2.22. The van der Waals surface area contributed by atoms with Gasteiger partial charge in [0.05, 0.1) is 13.3 Å². The SMILES string of the molecule is CCN(CC)CC(O)COc1cc(CN(C)Cc2cnn(C)c2)ccc1OC. The highest BCUT2D eigenvalue weighted by Gasteiger charge is 2.13. The summed E-state index contributed by atoms with van der Waals surface area (Å²) in [7, 11) is 5.62. The lowest BCUT2D eigenvalue weighted by atomic mass is 10.2. The third kappa shape index (κ3) is 6.82. The van der Waals surface area contributed by atoms with Gasteiger partial charge in [0.15, 0.2) is 11.5 Å². The van der Waals surface area contributed by atoms with Crippen LogP contribution < -0.4 is 9.47 Å². The lowest BCUT2D eigenvalue weighted by molar-refractivity contribution is 0.0705. The summed E-state index contributed by atoms with van der Waals surface area (Å²) in [6, 6.07) is 5.94. The number of likely N-dealkylation sites (N-methyl/N-ethyl adjacent to an activating group) is 1. The zero-order chi connectivity index (χ0) is 20.5. The summed E-state index contributed by atoms with van der Waals surface area (Å²) in [6.07, 6.45) is 3.37. The van der Waals surface area contributed by atoms with E-state index in [1.807, 2.05) is 42.3 Å². The zero-order valence-corrected chi connectivity index (χ0v) is 17.8. The van der Waals surface area contributed by atoms with Crippen molar-refractivity contribution in [2.24, 2.45) is 7.05 Å². The van der Waals surface area contributed by atoms with Gasteiger partial charge in [-0.25, -0.2) is 0 Å². The third-order valence-electron chi connectivity index (χ3n) is 4.69. The van der Waals surface area contributed by atoms with Crippen molar-refractivity contribution in [2.75, 3.05) is 40.4 Å². The van der Waals surface area contributed by atoms with Crippen molar-refractivity contribution < 1.29 is 14.6 Å². The van der Waals surface area contributed by atoms with E-state index >= 15 is 0 Å². The molecule has 2 aromatic rings. The molecule has 156 valence electrons. The predicted octanol–water partition coefficient (Wildman–Crippen LogP) is 2.14. The van der Waals surface area contributed by atoms with Gasteiger partial charge < -0.3 is 19.5 Å². The second-order valence-corrected chi connectivity index (χ2v) is 7.13. The molecule has 0 aliphatic heterocycles. The van der Waals surface area contributed by atoms with Gasteiger partial charge >= 0.3 is 0 Å². The van der Waals surface area contributed by atoms with Crippen LogP contribution in [0.25, 0.3) is 0 Å². The number of aliphatic hydroxyl groups excluding tert-OH is 1. The molecule has 1 N–H and O–H groups in total. The van der Waals surface area contributed by atoms with E-state index in [0.29, 0.717) is 18.0 Å². The summed E-state index contributed by atoms with van der Waals surface area (Å²) in [5.74, 6) is 1.34. The Morgan fingerprint density at radius 2 is 1.86 bits per heavy atom. The lowest BCUT2D eigenvalue weighted by Crippen LogP contribution is -2.35. The van der Waals surface area contributed by atoms with Gasteiger partial charge in [0.25, 0.3) is 0 Å². The molecule has 7 heteroatoms. The quantitative estimate of drug-likeness (QED) is 0.599. The maximum Gasteiger partial charge on any atom is 0.161 e. The van der Waals surface area contributed by atoms with Crippen LogP contribution in [0.4, 0.5) is 0 Å². The van der Waals surface area contributed by atoms with Gasteiger partial charge in [-0.15, -0.1) is 0 Å². The number of hydrogen-bond donors (Lipinski definition) is 1. The van der Waals surface area contributed by atoms with E-state index in [-0.39, 0.29) is 6.61 Å². The number of aliphatic hydroxyl groups is 1. The minimum atomic E-state index is -0.540. The van der Waals surface area contributed by atoms with E-state index in [0.717, 1.165) is 31.7 Å². The molecule has 1 aromatic heterocycles. The highest BCUT2D eigenvalue weighted by Crippen LogP contribution is 2.28. The van der Waals surface area contributed by atoms with Crippen molar-refractivity contribution in [1.29, 1.82) is 0 Å². The number of hydrogen-bond acceptors (Lipinski definition) is 6. The molecular formula is C21H34N4O3. The second kappa shape index (κ2) is 11.0. The number of benzene rings is 1. The maximum absolute atomic E-state index is 10.3. The van der Waals surface area contributed by atoms with E-state index in [1.165, 1.54) is 5.56 Å². The van der Waals surface area contributed by atoms with Gasteiger partial charge in [0.1, 0.15) is 12.7 Å². The van der Waals surface area contributed by atoms with Crippen LogP contribution in [0, 0.1) is 0 Å². The normalized spacial score (nSPS) is 12.6. The van der Waals surface area contributed by atoms with Crippen LogP contribution >= 0.6 is 0 Å². The Kier molecular flexibility index (Phi) is 8.76. The van der Waals surface area contributed by atoms with E-state index in [4.69, 9.17) is 9.47 Å². The summed E-state index contributed by atoms with van der Waals surface area (Å²) in [5.41, 5.74) is 2.30. The zero-order valence-electron chi connectivity index (χ0n) is 17.8. The van der Waals surface area contributed by atoms with Crippen molar-refractivity contribution in [3.63, 3.8) is 0 Å². The Morgan fingerprint density at radius 1 is 1.14 bits per heavy atom. The minimum absolute atomic E-state index is 0.238. The minimum Gasteiger partial charge on any atom is -0.493 e. The fourth-order valence-electron chi connectivity index (χ4n) is 3.18. The van der Waals surface area contributed by atoms with Crippen molar-refractivity contribution in [3.05, 3.63) is 41.7 Å². The topological polar surface area (TPSA) is 63.0 Å². The Balaban J connectivity index is 1.96. The first-order valence-electron chi connectivity index (χ1n) is 9.81. The summed E-state index contributed by atoms with van der Waals surface area (Å²) in [5, 5.41) is 14.5. The number of methoxy groups -OCH3 is 1. The summed E-state index contributed by atoms with van der Waals surface area (Å²) < 4.78 is 13.1. The Labute approximate surface area is 168 Å². The number of ether oxygens (including phenoxy) is 2. The van der Waals surface area contributed by atoms with Crippen molar-refractivity contribution in [3.8, 4) is 11.5 Å². The van der Waals surface area contributed by atoms with Gasteiger partial charge in [-0.2, -0.15) is 5.10 Å². The largest absolute Gasteiger partial charge is 0.493 e. The van der Waals surface area contributed by atoms with Crippen LogP contribution in [-0.4, -0.2) is 71.2 Å². The molecule has 7 nitrogen and oxygen atoms in total. The fourth-order valence-corrected chi connectivity index (χ4v) is 3.18. The molecule has 0 saturated heterocycles. The molecular weight excluding hydrogens is 356 g/mol. The molecule has 1 atom stereocenters. The Bertz CT molecular complexity index is 715. The molecule has 0 aliphatic carbocycles. The monoisotopic (exact) mass is 390 g/mol. The molecule has 0 saturated carbocycles. The number of rotatable bonds is 12. The molecule has 1 heterocycles. The summed E-state index contributed by atoms with van der Waals surface area (Å²) in [6.45, 7) is 8.43. The first-order valence-corrected chi connectivity index (χ1v) is 9.81. The average molecular weight is 391 g/mol. The van der Waals surface area contributed by atoms with Gasteiger partial charge in [-0.1, -0.05) is 19.9 Å². The third-order valence-corrected chi connectivity index (χ3v) is 4.69. The molecule has 2 rings (SSSR count). The molecule has 28 heavy (non-hydrogen) atoms. The van der Waals surface area contributed by atoms with Gasteiger partial charge in [0, 0.05) is 38.4 Å². The molecule has 0 aliphatic rings. The van der Waals surface area contributed by atoms with Gasteiger partial charge in [0.2, 0.25) is 0 Å². The van der Waals surface area contributed by atoms with E-state index in [1.54, 1.807) is 7.11 Å². The van der Waals surface area contributed by atoms with Crippen LogP contribution in [0.2, 0.25) is 0 Å². The molecule has 0 bridgehead atoms. The standard InChI is InChI=1S/C21H34N4O3/c1-6-25(7-2)15-19(26)16-28-21-10-17(8-9-20(21)27-5)12-23(3)13-18-11-22-24(4)14-18/h8-11,14,19,26H,6-7,12-13,15-16H2,1-5H3. The molecule has 0 spiro atoms. The predicted molar refractivity (Wildman–Crippen MR) is 111 cm³/mol. The Morgan fingerprint density at radius 3 is 2.46 bits per heavy atom. The van der Waals surface area contributed by atoms with Crippen molar-refractivity contribution in [2.45, 2.75) is 33.0 Å². The highest BCUT2D eigenvalue weighted by atomic mass is 16.5. The maximum atomic E-state index is 10.3. The number of nitrogens with zero attached hydrogens (tertiary/aromatic N) is 4. The molecule has 0 fully saturated rings. The molecule has 1 unspecified atom stereocenters. The molecule has 0 amide bonds. The first kappa shape index (κ1) is 22.2. The van der Waals surface area contributed by atoms with Gasteiger partial charge in [-0.3, -0.25) is 9.58 Å². The van der Waals surface area contributed by atoms with E-state index in [9.17, 15) is 5.11 Å². The summed E-state index contributed by atoms with van der Waals surface area (Å²) in [4.78, 5) is 4.40. The summed E-state index contributed by atoms with van der Waals surface area (Å²) >= 11 is 0. The van der Waals surface area contributed by atoms with Crippen molar-refractivity contribution >= 4 is 0 Å². The molecule has 1 aromatic carbocycles. The second-order valence-electron chi connectivity index (χ2n) is 7.13. The number of aryl methyl sites for hydroxylation is 1. The van der Waals surface area contributed by atoms with Crippen LogP contribution in [0.5, 0.6) is 11.5 Å². The van der Waals surface area contributed by atoms with Crippen LogP contribution in [0.3, 0.4) is 0 Å². The molecule has 0 radical (unpaired) electrons. The van der Waals surface area contributed by atoms with E-state index in [2.05, 4.69) is 35.8 Å². The van der Waals surface area contributed by atoms with Crippen LogP contribution in [0.15, 0.2) is 30.6 Å². The average Bonchev–Trinajstić information content (AvgIpc) is 3.08. The fraction of sp³-hybridized carbons (Fsp3) is 0.571.